The van der Waals surface area contributed by atoms with Gasteiger partial charge in [0.15, 0.2) is 5.82 Å². The number of anilines is 1. The number of amides is 2. The molecule has 0 saturated heterocycles. The van der Waals surface area contributed by atoms with Gasteiger partial charge in [-0.05, 0) is 37.7 Å². The van der Waals surface area contributed by atoms with Crippen LogP contribution in [0.5, 0.6) is 0 Å². The smallest absolute Gasteiger partial charge is 0.320 e. The van der Waals surface area contributed by atoms with Crippen LogP contribution in [0.2, 0.25) is 0 Å². The lowest BCUT2D eigenvalue weighted by Crippen LogP contribution is -2.40. The zero-order valence-electron chi connectivity index (χ0n) is 14.5. The summed E-state index contributed by atoms with van der Waals surface area (Å²) >= 11 is 0. The first-order valence-electron chi connectivity index (χ1n) is 8.49. The average molecular weight is 326 g/mol. The summed E-state index contributed by atoms with van der Waals surface area (Å²) in [6.45, 7) is 4.61. The molecule has 2 amide bonds. The number of hydrogen-bond acceptors (Lipinski definition) is 3. The lowest BCUT2D eigenvalue weighted by molar-refractivity contribution is 0.252. The molecule has 0 aliphatic carbocycles. The molecule has 0 spiro atoms. The summed E-state index contributed by atoms with van der Waals surface area (Å²) in [4.78, 5) is 21.9. The maximum atomic E-state index is 11.9. The normalized spacial score (nSPS) is 11.9. The molecule has 0 aliphatic heterocycles. The fourth-order valence-corrected chi connectivity index (χ4v) is 2.83. The first-order chi connectivity index (χ1) is 11.6. The average Bonchev–Trinajstić information content (AvgIpc) is 2.59. The van der Waals surface area contributed by atoms with Crippen molar-refractivity contribution in [2.45, 2.75) is 39.5 Å². The zero-order valence-corrected chi connectivity index (χ0v) is 14.5. The minimum absolute atomic E-state index is 0.380. The molecule has 1 aromatic heterocycles. The first-order valence-corrected chi connectivity index (χ1v) is 8.49. The van der Waals surface area contributed by atoms with E-state index >= 15 is 0 Å². The molecule has 0 fully saturated rings. The van der Waals surface area contributed by atoms with Gasteiger partial charge in [0.05, 0.1) is 18.1 Å². The van der Waals surface area contributed by atoms with E-state index in [9.17, 15) is 4.79 Å². The third-order valence-corrected chi connectivity index (χ3v) is 4.13. The molecule has 1 aromatic carbocycles. The fraction of sp³-hybridized carbons (Fsp3) is 0.421. The lowest BCUT2D eigenvalue weighted by Gasteiger charge is -2.25. The highest BCUT2D eigenvalue weighted by molar-refractivity contribution is 5.89. The number of primary amides is 1. The molecule has 5 nitrogen and oxygen atoms in total. The standard InChI is InChI=1S/C19H26N4O/c1-3-7-17(11-10-16-8-5-4-6-9-16)14-23(19(20)24)18-13-21-15(2)12-22-18/h4-6,8-9,12-13,17H,3,7,10-11,14H2,1-2H3,(H2,20,24). The van der Waals surface area contributed by atoms with Crippen LogP contribution in [0.25, 0.3) is 0 Å². The van der Waals surface area contributed by atoms with Crippen molar-refractivity contribution in [2.75, 3.05) is 11.4 Å². The van der Waals surface area contributed by atoms with Gasteiger partial charge in [0, 0.05) is 6.54 Å². The second-order valence-corrected chi connectivity index (χ2v) is 6.14. The molecular weight excluding hydrogens is 300 g/mol. The predicted molar refractivity (Wildman–Crippen MR) is 96.9 cm³/mol. The number of aromatic nitrogens is 2. The Kier molecular flexibility index (Phi) is 6.73. The number of benzene rings is 1. The summed E-state index contributed by atoms with van der Waals surface area (Å²) in [5, 5.41) is 0. The topological polar surface area (TPSA) is 72.1 Å². The fourth-order valence-electron chi connectivity index (χ4n) is 2.83. The summed E-state index contributed by atoms with van der Waals surface area (Å²) in [6, 6.07) is 9.94. The van der Waals surface area contributed by atoms with Crippen LogP contribution in [0, 0.1) is 12.8 Å². The molecule has 2 N–H and O–H groups in total. The SMILES string of the molecule is CCCC(CCc1ccccc1)CN(C(N)=O)c1cnc(C)cn1. The Morgan fingerprint density at radius 2 is 1.92 bits per heavy atom. The van der Waals surface area contributed by atoms with Crippen LogP contribution in [-0.2, 0) is 6.42 Å². The van der Waals surface area contributed by atoms with Crippen LogP contribution < -0.4 is 10.6 Å². The van der Waals surface area contributed by atoms with Crippen molar-refractivity contribution in [3.63, 3.8) is 0 Å². The highest BCUT2D eigenvalue weighted by Crippen LogP contribution is 2.19. The molecule has 5 heteroatoms. The van der Waals surface area contributed by atoms with E-state index in [1.807, 2.05) is 13.0 Å². The second kappa shape index (κ2) is 9.01. The Bertz CT molecular complexity index is 628. The number of rotatable bonds is 8. The molecule has 24 heavy (non-hydrogen) atoms. The van der Waals surface area contributed by atoms with Gasteiger partial charge in [-0.1, -0.05) is 43.7 Å². The number of carbonyl (C=O) groups excluding carboxylic acids is 1. The summed E-state index contributed by atoms with van der Waals surface area (Å²) in [5.41, 5.74) is 7.71. The van der Waals surface area contributed by atoms with Crippen molar-refractivity contribution in [1.29, 1.82) is 0 Å². The Morgan fingerprint density at radius 1 is 1.17 bits per heavy atom. The molecule has 0 bridgehead atoms. The number of hydrogen-bond donors (Lipinski definition) is 1. The Labute approximate surface area is 143 Å². The van der Waals surface area contributed by atoms with Crippen molar-refractivity contribution < 1.29 is 4.79 Å². The van der Waals surface area contributed by atoms with Crippen molar-refractivity contribution in [3.05, 3.63) is 54.0 Å². The van der Waals surface area contributed by atoms with Gasteiger partial charge in [-0.2, -0.15) is 0 Å². The van der Waals surface area contributed by atoms with E-state index < -0.39 is 6.03 Å². The molecule has 0 saturated carbocycles. The zero-order chi connectivity index (χ0) is 17.4. The molecule has 2 rings (SSSR count). The van der Waals surface area contributed by atoms with Crippen LogP contribution in [0.4, 0.5) is 10.6 Å². The minimum Gasteiger partial charge on any atom is -0.351 e. The molecule has 0 radical (unpaired) electrons. The molecule has 128 valence electrons. The lowest BCUT2D eigenvalue weighted by atomic mass is 9.95. The molecule has 1 heterocycles. The van der Waals surface area contributed by atoms with Gasteiger partial charge in [0.2, 0.25) is 0 Å². The Balaban J connectivity index is 2.05. The van der Waals surface area contributed by atoms with E-state index in [1.165, 1.54) is 10.5 Å². The third kappa shape index (κ3) is 5.33. The van der Waals surface area contributed by atoms with Crippen LogP contribution >= 0.6 is 0 Å². The molecule has 1 unspecified atom stereocenters. The van der Waals surface area contributed by atoms with Gasteiger partial charge in [-0.25, -0.2) is 9.78 Å². The van der Waals surface area contributed by atoms with E-state index in [2.05, 4.69) is 41.2 Å². The van der Waals surface area contributed by atoms with Gasteiger partial charge >= 0.3 is 6.03 Å². The number of nitrogens with two attached hydrogens (primary N) is 1. The summed E-state index contributed by atoms with van der Waals surface area (Å²) in [5.74, 6) is 0.903. The van der Waals surface area contributed by atoms with Gasteiger partial charge in [0.1, 0.15) is 0 Å². The largest absolute Gasteiger partial charge is 0.351 e. The van der Waals surface area contributed by atoms with Crippen LogP contribution in [0.15, 0.2) is 42.7 Å². The number of urea groups is 1. The van der Waals surface area contributed by atoms with Gasteiger partial charge < -0.3 is 5.73 Å². The van der Waals surface area contributed by atoms with E-state index in [0.717, 1.165) is 31.4 Å². The van der Waals surface area contributed by atoms with Crippen LogP contribution in [0.1, 0.15) is 37.4 Å². The van der Waals surface area contributed by atoms with Crippen molar-refractivity contribution in [1.82, 2.24) is 9.97 Å². The van der Waals surface area contributed by atoms with Gasteiger partial charge in [-0.15, -0.1) is 0 Å². The number of carbonyl (C=O) groups is 1. The minimum atomic E-state index is -0.478. The highest BCUT2D eigenvalue weighted by Gasteiger charge is 2.19. The van der Waals surface area contributed by atoms with E-state index in [-0.39, 0.29) is 0 Å². The van der Waals surface area contributed by atoms with E-state index in [0.29, 0.717) is 18.3 Å². The molecule has 0 aliphatic rings. The highest BCUT2D eigenvalue weighted by atomic mass is 16.2. The predicted octanol–water partition coefficient (Wildman–Crippen LogP) is 3.72. The quantitative estimate of drug-likeness (QED) is 0.803. The van der Waals surface area contributed by atoms with E-state index in [1.54, 1.807) is 12.4 Å². The maximum Gasteiger partial charge on any atom is 0.320 e. The molecular formula is C19H26N4O. The number of aryl methyl sites for hydroxylation is 2. The van der Waals surface area contributed by atoms with Crippen LogP contribution in [-0.4, -0.2) is 22.5 Å². The van der Waals surface area contributed by atoms with Gasteiger partial charge in [0.25, 0.3) is 0 Å². The monoisotopic (exact) mass is 326 g/mol. The first kappa shape index (κ1) is 17.9. The van der Waals surface area contributed by atoms with Crippen molar-refractivity contribution in [2.24, 2.45) is 11.7 Å². The maximum absolute atomic E-state index is 11.9. The summed E-state index contributed by atoms with van der Waals surface area (Å²) in [7, 11) is 0. The molecule has 1 atom stereocenters. The van der Waals surface area contributed by atoms with Crippen molar-refractivity contribution >= 4 is 11.8 Å². The molecule has 2 aromatic rings. The van der Waals surface area contributed by atoms with E-state index in [4.69, 9.17) is 5.73 Å². The van der Waals surface area contributed by atoms with Crippen LogP contribution in [0.3, 0.4) is 0 Å². The summed E-state index contributed by atoms with van der Waals surface area (Å²) < 4.78 is 0. The van der Waals surface area contributed by atoms with Gasteiger partial charge in [-0.3, -0.25) is 9.88 Å². The van der Waals surface area contributed by atoms with Crippen molar-refractivity contribution in [3.8, 4) is 0 Å². The Hall–Kier alpha value is -2.43. The number of nitrogens with zero attached hydrogens (tertiary/aromatic N) is 3. The Morgan fingerprint density at radius 3 is 2.50 bits per heavy atom. The second-order valence-electron chi connectivity index (χ2n) is 6.14. The third-order valence-electron chi connectivity index (χ3n) is 4.13. The summed E-state index contributed by atoms with van der Waals surface area (Å²) in [6.07, 6.45) is 7.41.